The van der Waals surface area contributed by atoms with Gasteiger partial charge in [-0.3, -0.25) is 0 Å². The summed E-state index contributed by atoms with van der Waals surface area (Å²) in [6.45, 7) is 5.01. The molecule has 0 amide bonds. The first-order valence-electron chi connectivity index (χ1n) is 7.41. The van der Waals surface area contributed by atoms with Crippen LogP contribution in [0.3, 0.4) is 0 Å². The van der Waals surface area contributed by atoms with Gasteiger partial charge in [0.05, 0.1) is 6.20 Å². The average Bonchev–Trinajstić information content (AvgIpc) is 3.11. The molecule has 0 aromatic carbocycles. The fourth-order valence-corrected chi connectivity index (χ4v) is 5.06. The number of imidazole rings is 1. The van der Waals surface area contributed by atoms with Gasteiger partial charge in [-0.15, -0.1) is 0 Å². The van der Waals surface area contributed by atoms with E-state index in [1.807, 2.05) is 11.5 Å². The van der Waals surface area contributed by atoms with Gasteiger partial charge in [-0.05, 0) is 25.8 Å². The summed E-state index contributed by atoms with van der Waals surface area (Å²) in [6, 6.07) is 0.0764. The minimum Gasteiger partial charge on any atom is -0.318 e. The number of fused-ring (bicyclic) bond motifs is 1. The summed E-state index contributed by atoms with van der Waals surface area (Å²) in [5.74, 6) is 0.907. The van der Waals surface area contributed by atoms with Crippen LogP contribution in [0.5, 0.6) is 0 Å². The van der Waals surface area contributed by atoms with Crippen molar-refractivity contribution in [3.8, 4) is 0 Å². The van der Waals surface area contributed by atoms with Crippen molar-refractivity contribution >= 4 is 10.0 Å². The molecule has 7 heteroatoms. The van der Waals surface area contributed by atoms with Gasteiger partial charge in [0.15, 0.2) is 5.03 Å². The molecule has 1 atom stereocenters. The van der Waals surface area contributed by atoms with Gasteiger partial charge in [0.25, 0.3) is 10.0 Å². The van der Waals surface area contributed by atoms with E-state index in [0.29, 0.717) is 11.6 Å². The fraction of sp³-hybridized carbons (Fsp3) is 0.769. The Labute approximate surface area is 120 Å². The molecule has 0 bridgehead atoms. The minimum atomic E-state index is -3.43. The summed E-state index contributed by atoms with van der Waals surface area (Å²) < 4.78 is 29.5. The molecule has 0 spiro atoms. The van der Waals surface area contributed by atoms with Crippen LogP contribution >= 0.6 is 0 Å². The summed E-state index contributed by atoms with van der Waals surface area (Å²) >= 11 is 0. The van der Waals surface area contributed by atoms with E-state index in [0.717, 1.165) is 51.1 Å². The third kappa shape index (κ3) is 2.27. The number of nitrogens with zero attached hydrogens (tertiary/aromatic N) is 3. The van der Waals surface area contributed by atoms with Crippen LogP contribution in [0, 0.1) is 0 Å². The lowest BCUT2D eigenvalue weighted by molar-refractivity contribution is 0.332. The molecule has 112 valence electrons. The molecule has 3 rings (SSSR count). The van der Waals surface area contributed by atoms with Crippen LogP contribution in [-0.4, -0.2) is 48.0 Å². The van der Waals surface area contributed by atoms with Gasteiger partial charge in [-0.2, -0.15) is 4.31 Å². The Morgan fingerprint density at radius 3 is 3.10 bits per heavy atom. The molecule has 2 aliphatic rings. The standard InChI is InChI=1S/C13H22N4O2S/c1-2-7-17(11-5-6-14-9-11)20(18,19)13-10-15-12-4-3-8-16(12)13/h10-11,14H,2-9H2,1H3. The highest BCUT2D eigenvalue weighted by atomic mass is 32.2. The summed E-state index contributed by atoms with van der Waals surface area (Å²) in [7, 11) is -3.43. The first-order valence-corrected chi connectivity index (χ1v) is 8.85. The Bertz CT molecular complexity index is 575. The maximum atomic E-state index is 13.0. The van der Waals surface area contributed by atoms with Crippen molar-refractivity contribution in [1.29, 1.82) is 0 Å². The zero-order chi connectivity index (χ0) is 14.2. The molecule has 0 saturated carbocycles. The molecule has 1 fully saturated rings. The zero-order valence-electron chi connectivity index (χ0n) is 11.9. The maximum absolute atomic E-state index is 13.0. The SMILES string of the molecule is CCCN(C1CCNC1)S(=O)(=O)c1cnc2n1CCC2. The van der Waals surface area contributed by atoms with Crippen molar-refractivity contribution in [2.24, 2.45) is 0 Å². The van der Waals surface area contributed by atoms with Crippen LogP contribution in [0.1, 0.15) is 32.0 Å². The van der Waals surface area contributed by atoms with Gasteiger partial charge < -0.3 is 9.88 Å². The Balaban J connectivity index is 1.95. The molecule has 20 heavy (non-hydrogen) atoms. The number of hydrogen-bond acceptors (Lipinski definition) is 4. The highest BCUT2D eigenvalue weighted by molar-refractivity contribution is 7.89. The molecule has 1 aromatic heterocycles. The van der Waals surface area contributed by atoms with Crippen LogP contribution in [0.4, 0.5) is 0 Å². The van der Waals surface area contributed by atoms with Crippen LogP contribution in [0.25, 0.3) is 0 Å². The molecular weight excluding hydrogens is 276 g/mol. The number of sulfonamides is 1. The van der Waals surface area contributed by atoms with E-state index in [1.165, 1.54) is 6.20 Å². The van der Waals surface area contributed by atoms with Crippen LogP contribution in [0.2, 0.25) is 0 Å². The average molecular weight is 298 g/mol. The molecule has 1 aromatic rings. The van der Waals surface area contributed by atoms with Crippen LogP contribution in [0.15, 0.2) is 11.2 Å². The summed E-state index contributed by atoms with van der Waals surface area (Å²) in [4.78, 5) is 4.27. The highest BCUT2D eigenvalue weighted by Crippen LogP contribution is 2.25. The van der Waals surface area contributed by atoms with Crippen molar-refractivity contribution in [3.63, 3.8) is 0 Å². The monoisotopic (exact) mass is 298 g/mol. The summed E-state index contributed by atoms with van der Waals surface area (Å²) in [6.07, 6.45) is 5.13. The lowest BCUT2D eigenvalue weighted by Crippen LogP contribution is -2.42. The Kier molecular flexibility index (Phi) is 3.83. The van der Waals surface area contributed by atoms with Gasteiger partial charge in [-0.1, -0.05) is 6.92 Å². The maximum Gasteiger partial charge on any atom is 0.260 e. The lowest BCUT2D eigenvalue weighted by Gasteiger charge is -2.27. The van der Waals surface area contributed by atoms with Crippen LogP contribution < -0.4 is 5.32 Å². The molecular formula is C13H22N4O2S. The molecule has 1 saturated heterocycles. The second kappa shape index (κ2) is 5.46. The van der Waals surface area contributed by atoms with E-state index < -0.39 is 10.0 Å². The van der Waals surface area contributed by atoms with E-state index in [2.05, 4.69) is 10.3 Å². The Morgan fingerprint density at radius 2 is 2.40 bits per heavy atom. The van der Waals surface area contributed by atoms with Crippen molar-refractivity contribution in [1.82, 2.24) is 19.2 Å². The van der Waals surface area contributed by atoms with Crippen molar-refractivity contribution in [3.05, 3.63) is 12.0 Å². The minimum absolute atomic E-state index is 0.0764. The molecule has 3 heterocycles. The first-order chi connectivity index (χ1) is 9.64. The van der Waals surface area contributed by atoms with Crippen molar-refractivity contribution in [2.45, 2.75) is 50.2 Å². The van der Waals surface area contributed by atoms with Crippen molar-refractivity contribution in [2.75, 3.05) is 19.6 Å². The largest absolute Gasteiger partial charge is 0.318 e. The van der Waals surface area contributed by atoms with E-state index in [4.69, 9.17) is 0 Å². The van der Waals surface area contributed by atoms with E-state index in [1.54, 1.807) is 4.31 Å². The molecule has 1 unspecified atom stereocenters. The topological polar surface area (TPSA) is 67.2 Å². The normalized spacial score (nSPS) is 22.6. The Morgan fingerprint density at radius 1 is 1.55 bits per heavy atom. The molecule has 0 aliphatic carbocycles. The van der Waals surface area contributed by atoms with Gasteiger partial charge in [-0.25, -0.2) is 13.4 Å². The summed E-state index contributed by atoms with van der Waals surface area (Å²) in [5.41, 5.74) is 0. The van der Waals surface area contributed by atoms with Crippen molar-refractivity contribution < 1.29 is 8.42 Å². The number of nitrogens with one attached hydrogen (secondary N) is 1. The van der Waals surface area contributed by atoms with Gasteiger partial charge in [0.2, 0.25) is 0 Å². The second-order valence-corrected chi connectivity index (χ2v) is 7.37. The molecule has 2 aliphatic heterocycles. The second-order valence-electron chi connectivity index (χ2n) is 5.53. The summed E-state index contributed by atoms with van der Waals surface area (Å²) in [5, 5.41) is 3.63. The smallest absolute Gasteiger partial charge is 0.260 e. The Hall–Kier alpha value is -0.920. The van der Waals surface area contributed by atoms with Gasteiger partial charge in [0, 0.05) is 32.1 Å². The highest BCUT2D eigenvalue weighted by Gasteiger charge is 2.35. The number of aromatic nitrogens is 2. The quantitative estimate of drug-likeness (QED) is 0.864. The molecule has 6 nitrogen and oxygen atoms in total. The number of rotatable bonds is 5. The van der Waals surface area contributed by atoms with E-state index in [9.17, 15) is 8.42 Å². The zero-order valence-corrected chi connectivity index (χ0v) is 12.7. The van der Waals surface area contributed by atoms with E-state index in [-0.39, 0.29) is 6.04 Å². The third-order valence-electron chi connectivity index (χ3n) is 4.14. The number of hydrogen-bond donors (Lipinski definition) is 1. The third-order valence-corrected chi connectivity index (χ3v) is 6.09. The predicted octanol–water partition coefficient (Wildman–Crippen LogP) is 0.592. The van der Waals surface area contributed by atoms with Gasteiger partial charge in [0.1, 0.15) is 5.82 Å². The number of aryl methyl sites for hydroxylation is 1. The molecule has 0 radical (unpaired) electrons. The molecule has 1 N–H and O–H groups in total. The fourth-order valence-electron chi connectivity index (χ4n) is 3.16. The van der Waals surface area contributed by atoms with Gasteiger partial charge >= 0.3 is 0 Å². The lowest BCUT2D eigenvalue weighted by atomic mass is 10.2. The predicted molar refractivity (Wildman–Crippen MR) is 76.0 cm³/mol. The van der Waals surface area contributed by atoms with Crippen LogP contribution in [-0.2, 0) is 23.0 Å². The van der Waals surface area contributed by atoms with E-state index >= 15 is 0 Å². The first kappa shape index (κ1) is 14.0.